The van der Waals surface area contributed by atoms with Crippen molar-refractivity contribution in [2.45, 2.75) is 0 Å². The minimum absolute atomic E-state index is 0.287. The number of halogens is 2. The predicted octanol–water partition coefficient (Wildman–Crippen LogP) is 5.99. The summed E-state index contributed by atoms with van der Waals surface area (Å²) in [6, 6.07) is 20.3. The number of rotatable bonds is 2. The van der Waals surface area contributed by atoms with Gasteiger partial charge in [0.15, 0.2) is 0 Å². The van der Waals surface area contributed by atoms with Crippen molar-refractivity contribution in [1.82, 2.24) is 10.2 Å². The summed E-state index contributed by atoms with van der Waals surface area (Å²) in [5.74, 6) is -0.0403. The standard InChI is InChI=1S/C22H12F2N2O/c23-19-11-9-17(13-5-1-3-7-15(13)19)21-25-26-22(27-21)18-10-12-20(24)16-8-4-2-6-14(16)18/h1-12H. The molecule has 0 spiro atoms. The van der Waals surface area contributed by atoms with E-state index in [1.165, 1.54) is 12.1 Å². The second-order valence-corrected chi connectivity index (χ2v) is 6.19. The molecule has 5 aromatic rings. The minimum Gasteiger partial charge on any atom is -0.416 e. The van der Waals surface area contributed by atoms with Crippen LogP contribution in [0.1, 0.15) is 0 Å². The number of aromatic nitrogens is 2. The molecule has 0 radical (unpaired) electrons. The van der Waals surface area contributed by atoms with E-state index in [-0.39, 0.29) is 23.4 Å². The molecule has 0 N–H and O–H groups in total. The van der Waals surface area contributed by atoms with Crippen LogP contribution in [0.15, 0.2) is 77.2 Å². The van der Waals surface area contributed by atoms with Crippen molar-refractivity contribution in [1.29, 1.82) is 0 Å². The molecular formula is C22H12F2N2O. The molecule has 0 amide bonds. The van der Waals surface area contributed by atoms with Crippen molar-refractivity contribution in [3.05, 3.63) is 84.4 Å². The van der Waals surface area contributed by atoms with Crippen LogP contribution in [-0.2, 0) is 0 Å². The molecule has 130 valence electrons. The summed E-state index contributed by atoms with van der Waals surface area (Å²) in [4.78, 5) is 0. The van der Waals surface area contributed by atoms with Crippen LogP contribution in [0.5, 0.6) is 0 Å². The topological polar surface area (TPSA) is 38.9 Å². The van der Waals surface area contributed by atoms with Crippen LogP contribution in [0.25, 0.3) is 44.5 Å². The molecule has 0 aliphatic carbocycles. The summed E-state index contributed by atoms with van der Waals surface area (Å²) in [5, 5.41) is 10.6. The van der Waals surface area contributed by atoms with Crippen molar-refractivity contribution in [2.24, 2.45) is 0 Å². The Labute approximate surface area is 152 Å². The van der Waals surface area contributed by atoms with E-state index in [1.807, 2.05) is 24.3 Å². The molecular weight excluding hydrogens is 346 g/mol. The lowest BCUT2D eigenvalue weighted by molar-refractivity contribution is 0.585. The van der Waals surface area contributed by atoms with Gasteiger partial charge in [0, 0.05) is 21.9 Å². The van der Waals surface area contributed by atoms with Gasteiger partial charge >= 0.3 is 0 Å². The zero-order valence-electron chi connectivity index (χ0n) is 14.0. The van der Waals surface area contributed by atoms with Gasteiger partial charge in [0.2, 0.25) is 11.8 Å². The largest absolute Gasteiger partial charge is 0.416 e. The molecule has 1 aromatic heterocycles. The van der Waals surface area contributed by atoms with E-state index in [2.05, 4.69) is 10.2 Å². The number of fused-ring (bicyclic) bond motifs is 2. The van der Waals surface area contributed by atoms with E-state index in [4.69, 9.17) is 4.42 Å². The molecule has 0 atom stereocenters. The molecule has 4 aromatic carbocycles. The Bertz CT molecular complexity index is 1210. The maximum Gasteiger partial charge on any atom is 0.248 e. The van der Waals surface area contributed by atoms with E-state index >= 15 is 0 Å². The van der Waals surface area contributed by atoms with Crippen molar-refractivity contribution in [2.75, 3.05) is 0 Å². The van der Waals surface area contributed by atoms with Crippen molar-refractivity contribution < 1.29 is 13.2 Å². The van der Waals surface area contributed by atoms with Crippen molar-refractivity contribution in [3.63, 3.8) is 0 Å². The SMILES string of the molecule is Fc1ccc(-c2nnc(-c3ccc(F)c4ccccc34)o2)c2ccccc12. The molecule has 0 saturated carbocycles. The Morgan fingerprint density at radius 2 is 0.926 bits per heavy atom. The monoisotopic (exact) mass is 358 g/mol. The Balaban J connectivity index is 1.69. The summed E-state index contributed by atoms with van der Waals surface area (Å²) in [7, 11) is 0. The van der Waals surface area contributed by atoms with Crippen LogP contribution < -0.4 is 0 Å². The molecule has 5 rings (SSSR count). The van der Waals surface area contributed by atoms with Crippen LogP contribution >= 0.6 is 0 Å². The van der Waals surface area contributed by atoms with Gasteiger partial charge < -0.3 is 4.42 Å². The third kappa shape index (κ3) is 2.47. The predicted molar refractivity (Wildman–Crippen MR) is 100 cm³/mol. The van der Waals surface area contributed by atoms with Crippen molar-refractivity contribution in [3.8, 4) is 22.9 Å². The number of hydrogen-bond donors (Lipinski definition) is 0. The third-order valence-electron chi connectivity index (χ3n) is 4.63. The first-order valence-electron chi connectivity index (χ1n) is 8.41. The first-order valence-corrected chi connectivity index (χ1v) is 8.41. The molecule has 27 heavy (non-hydrogen) atoms. The lowest BCUT2D eigenvalue weighted by Crippen LogP contribution is -1.85. The molecule has 0 fully saturated rings. The summed E-state index contributed by atoms with van der Waals surface area (Å²) < 4.78 is 34.0. The van der Waals surface area contributed by atoms with Crippen LogP contribution in [0, 0.1) is 11.6 Å². The summed E-state index contributed by atoms with van der Waals surface area (Å²) >= 11 is 0. The molecule has 0 bridgehead atoms. The lowest BCUT2D eigenvalue weighted by atomic mass is 10.0. The smallest absolute Gasteiger partial charge is 0.248 e. The van der Waals surface area contributed by atoms with Crippen LogP contribution in [0.4, 0.5) is 8.78 Å². The summed E-state index contributed by atoms with van der Waals surface area (Å²) in [6.07, 6.45) is 0. The van der Waals surface area contributed by atoms with Crippen molar-refractivity contribution >= 4 is 21.5 Å². The first kappa shape index (κ1) is 15.6. The van der Waals surface area contributed by atoms with E-state index in [0.29, 0.717) is 32.7 Å². The van der Waals surface area contributed by atoms with Crippen LogP contribution in [0.3, 0.4) is 0 Å². The van der Waals surface area contributed by atoms with Gasteiger partial charge in [0.1, 0.15) is 11.6 Å². The third-order valence-corrected chi connectivity index (χ3v) is 4.63. The highest BCUT2D eigenvalue weighted by Crippen LogP contribution is 2.34. The first-order chi connectivity index (χ1) is 13.2. The van der Waals surface area contributed by atoms with E-state index in [0.717, 1.165) is 0 Å². The van der Waals surface area contributed by atoms with Gasteiger partial charge in [-0.2, -0.15) is 0 Å². The Kier molecular flexibility index (Phi) is 3.47. The molecule has 0 aliphatic heterocycles. The zero-order chi connectivity index (χ0) is 18.4. The fourth-order valence-electron chi connectivity index (χ4n) is 3.34. The number of hydrogen-bond acceptors (Lipinski definition) is 3. The molecule has 3 nitrogen and oxygen atoms in total. The number of benzene rings is 4. The van der Waals surface area contributed by atoms with E-state index in [9.17, 15) is 8.78 Å². The van der Waals surface area contributed by atoms with Gasteiger partial charge in [-0.1, -0.05) is 48.5 Å². The minimum atomic E-state index is -0.307. The average Bonchev–Trinajstić information content (AvgIpc) is 3.19. The zero-order valence-corrected chi connectivity index (χ0v) is 14.0. The van der Waals surface area contributed by atoms with E-state index < -0.39 is 0 Å². The van der Waals surface area contributed by atoms with Gasteiger partial charge in [0.05, 0.1) is 0 Å². The van der Waals surface area contributed by atoms with Crippen LogP contribution in [0.2, 0.25) is 0 Å². The maximum atomic E-state index is 14.1. The van der Waals surface area contributed by atoms with Gasteiger partial charge in [0.25, 0.3) is 0 Å². The molecule has 0 aliphatic rings. The molecule has 1 heterocycles. The highest BCUT2D eigenvalue weighted by atomic mass is 19.1. The highest BCUT2D eigenvalue weighted by molar-refractivity contribution is 5.96. The lowest BCUT2D eigenvalue weighted by Gasteiger charge is -2.05. The molecule has 5 heteroatoms. The van der Waals surface area contributed by atoms with Gasteiger partial charge in [-0.15, -0.1) is 10.2 Å². The average molecular weight is 358 g/mol. The van der Waals surface area contributed by atoms with Gasteiger partial charge in [-0.25, -0.2) is 8.78 Å². The van der Waals surface area contributed by atoms with Gasteiger partial charge in [-0.05, 0) is 35.0 Å². The summed E-state index contributed by atoms with van der Waals surface area (Å²) in [5.41, 5.74) is 1.30. The maximum absolute atomic E-state index is 14.1. The second kappa shape index (κ2) is 5.99. The fourth-order valence-corrected chi connectivity index (χ4v) is 3.34. The van der Waals surface area contributed by atoms with Gasteiger partial charge in [-0.3, -0.25) is 0 Å². The van der Waals surface area contributed by atoms with E-state index in [1.54, 1.807) is 36.4 Å². The Hall–Kier alpha value is -3.60. The summed E-state index contributed by atoms with van der Waals surface area (Å²) in [6.45, 7) is 0. The Morgan fingerprint density at radius 1 is 0.519 bits per heavy atom. The quantitative estimate of drug-likeness (QED) is 0.389. The Morgan fingerprint density at radius 3 is 1.37 bits per heavy atom. The second-order valence-electron chi connectivity index (χ2n) is 6.19. The fraction of sp³-hybridized carbons (Fsp3) is 0. The van der Waals surface area contributed by atoms with Crippen LogP contribution in [-0.4, -0.2) is 10.2 Å². The molecule has 0 unspecified atom stereocenters. The number of nitrogens with zero attached hydrogens (tertiary/aromatic N) is 2. The molecule has 0 saturated heterocycles. The normalized spacial score (nSPS) is 11.3. The highest BCUT2D eigenvalue weighted by Gasteiger charge is 2.16.